The SMILES string of the molecule is CSCc1ncc(-c2cccs2)o1. The highest BCUT2D eigenvalue weighted by molar-refractivity contribution is 7.97. The molecule has 0 saturated heterocycles. The molecule has 2 nitrogen and oxygen atoms in total. The molecule has 2 rings (SSSR count). The summed E-state index contributed by atoms with van der Waals surface area (Å²) < 4.78 is 5.55. The van der Waals surface area contributed by atoms with Crippen molar-refractivity contribution in [3.05, 3.63) is 29.6 Å². The molecular weight excluding hydrogens is 202 g/mol. The van der Waals surface area contributed by atoms with E-state index in [4.69, 9.17) is 4.42 Å². The minimum Gasteiger partial charge on any atom is -0.439 e. The van der Waals surface area contributed by atoms with E-state index in [1.165, 1.54) is 0 Å². The van der Waals surface area contributed by atoms with Crippen molar-refractivity contribution in [1.82, 2.24) is 4.98 Å². The van der Waals surface area contributed by atoms with E-state index in [9.17, 15) is 0 Å². The molecule has 0 aliphatic heterocycles. The van der Waals surface area contributed by atoms with E-state index < -0.39 is 0 Å². The average molecular weight is 211 g/mol. The van der Waals surface area contributed by atoms with Crippen LogP contribution in [-0.2, 0) is 5.75 Å². The first-order valence-corrected chi connectivity index (χ1v) is 6.15. The third kappa shape index (κ3) is 1.95. The van der Waals surface area contributed by atoms with Crippen molar-refractivity contribution in [2.75, 3.05) is 6.26 Å². The predicted molar refractivity (Wildman–Crippen MR) is 57.0 cm³/mol. The number of rotatable bonds is 3. The first-order valence-electron chi connectivity index (χ1n) is 3.87. The van der Waals surface area contributed by atoms with Crippen LogP contribution in [0.4, 0.5) is 0 Å². The lowest BCUT2D eigenvalue weighted by Crippen LogP contribution is -1.74. The van der Waals surface area contributed by atoms with Gasteiger partial charge in [0.05, 0.1) is 16.8 Å². The van der Waals surface area contributed by atoms with E-state index in [1.54, 1.807) is 29.3 Å². The topological polar surface area (TPSA) is 26.0 Å². The van der Waals surface area contributed by atoms with Gasteiger partial charge in [0.15, 0.2) is 5.76 Å². The summed E-state index contributed by atoms with van der Waals surface area (Å²) in [4.78, 5) is 5.32. The Labute approximate surface area is 85.0 Å². The zero-order chi connectivity index (χ0) is 9.10. The summed E-state index contributed by atoms with van der Waals surface area (Å²) in [5, 5.41) is 2.03. The lowest BCUT2D eigenvalue weighted by molar-refractivity contribution is 0.531. The number of aromatic nitrogens is 1. The van der Waals surface area contributed by atoms with Crippen molar-refractivity contribution in [2.24, 2.45) is 0 Å². The molecule has 0 spiro atoms. The number of hydrogen-bond acceptors (Lipinski definition) is 4. The molecule has 0 N–H and O–H groups in total. The standard InChI is InChI=1S/C9H9NOS2/c1-12-6-9-10-5-7(11-9)8-3-2-4-13-8/h2-5H,6H2,1H3. The molecule has 0 amide bonds. The summed E-state index contributed by atoms with van der Waals surface area (Å²) in [5.74, 6) is 2.51. The molecule has 2 aromatic rings. The highest BCUT2D eigenvalue weighted by Gasteiger charge is 2.05. The van der Waals surface area contributed by atoms with Crippen molar-refractivity contribution >= 4 is 23.1 Å². The number of oxazole rings is 1. The van der Waals surface area contributed by atoms with Crippen LogP contribution in [0.3, 0.4) is 0 Å². The summed E-state index contributed by atoms with van der Waals surface area (Å²) in [7, 11) is 0. The Bertz CT molecular complexity index is 367. The van der Waals surface area contributed by atoms with Crippen LogP contribution in [0.5, 0.6) is 0 Å². The average Bonchev–Trinajstić information content (AvgIpc) is 2.70. The number of hydrogen-bond donors (Lipinski definition) is 0. The van der Waals surface area contributed by atoms with Gasteiger partial charge in [0, 0.05) is 0 Å². The molecule has 4 heteroatoms. The van der Waals surface area contributed by atoms with Crippen molar-refractivity contribution in [2.45, 2.75) is 5.75 Å². The number of nitrogens with zero attached hydrogens (tertiary/aromatic N) is 1. The van der Waals surface area contributed by atoms with Crippen molar-refractivity contribution in [3.8, 4) is 10.6 Å². The molecule has 0 fully saturated rings. The van der Waals surface area contributed by atoms with Crippen LogP contribution in [0.2, 0.25) is 0 Å². The number of thiophene rings is 1. The molecule has 2 heterocycles. The van der Waals surface area contributed by atoms with Gasteiger partial charge in [-0.1, -0.05) is 6.07 Å². The lowest BCUT2D eigenvalue weighted by atomic mass is 10.4. The molecule has 0 radical (unpaired) electrons. The predicted octanol–water partition coefficient (Wildman–Crippen LogP) is 3.27. The molecule has 0 bridgehead atoms. The van der Waals surface area contributed by atoms with Gasteiger partial charge in [-0.25, -0.2) is 4.98 Å². The molecule has 0 aliphatic carbocycles. The van der Waals surface area contributed by atoms with Gasteiger partial charge in [-0.15, -0.1) is 11.3 Å². The Kier molecular flexibility index (Phi) is 2.71. The molecule has 0 aromatic carbocycles. The van der Waals surface area contributed by atoms with Crippen LogP contribution >= 0.6 is 23.1 Å². The van der Waals surface area contributed by atoms with Crippen molar-refractivity contribution in [1.29, 1.82) is 0 Å². The molecule has 0 unspecified atom stereocenters. The maximum Gasteiger partial charge on any atom is 0.204 e. The fraction of sp³-hybridized carbons (Fsp3) is 0.222. The van der Waals surface area contributed by atoms with Gasteiger partial charge in [-0.2, -0.15) is 11.8 Å². The molecule has 0 aliphatic rings. The Balaban J connectivity index is 2.23. The van der Waals surface area contributed by atoms with Gasteiger partial charge in [0.25, 0.3) is 0 Å². The van der Waals surface area contributed by atoms with E-state index in [-0.39, 0.29) is 0 Å². The zero-order valence-electron chi connectivity index (χ0n) is 7.19. The Morgan fingerprint density at radius 3 is 3.23 bits per heavy atom. The second-order valence-electron chi connectivity index (χ2n) is 2.53. The largest absolute Gasteiger partial charge is 0.439 e. The van der Waals surface area contributed by atoms with Crippen molar-refractivity contribution < 1.29 is 4.42 Å². The van der Waals surface area contributed by atoms with E-state index in [2.05, 4.69) is 4.98 Å². The summed E-state index contributed by atoms with van der Waals surface area (Å²) in [6, 6.07) is 4.05. The third-order valence-corrected chi connectivity index (χ3v) is 3.01. The van der Waals surface area contributed by atoms with Gasteiger partial charge in [0.1, 0.15) is 0 Å². The van der Waals surface area contributed by atoms with Crippen LogP contribution in [0.15, 0.2) is 28.1 Å². The van der Waals surface area contributed by atoms with Gasteiger partial charge in [0.2, 0.25) is 5.89 Å². The summed E-state index contributed by atoms with van der Waals surface area (Å²) >= 11 is 3.38. The molecule has 68 valence electrons. The zero-order valence-corrected chi connectivity index (χ0v) is 8.82. The molecule has 2 aromatic heterocycles. The van der Waals surface area contributed by atoms with Crippen LogP contribution in [-0.4, -0.2) is 11.2 Å². The molecular formula is C9H9NOS2. The lowest BCUT2D eigenvalue weighted by Gasteiger charge is -1.89. The fourth-order valence-electron chi connectivity index (χ4n) is 1.03. The van der Waals surface area contributed by atoms with Gasteiger partial charge in [-0.05, 0) is 17.7 Å². The first-order chi connectivity index (χ1) is 6.40. The van der Waals surface area contributed by atoms with Gasteiger partial charge >= 0.3 is 0 Å². The van der Waals surface area contributed by atoms with Gasteiger partial charge in [-0.3, -0.25) is 0 Å². The third-order valence-electron chi connectivity index (χ3n) is 1.59. The Hall–Kier alpha value is -0.740. The van der Waals surface area contributed by atoms with Gasteiger partial charge < -0.3 is 4.42 Å². The normalized spacial score (nSPS) is 10.5. The molecule has 0 saturated carbocycles. The second kappa shape index (κ2) is 3.98. The van der Waals surface area contributed by atoms with E-state index >= 15 is 0 Å². The quantitative estimate of drug-likeness (QED) is 0.779. The first kappa shape index (κ1) is 8.84. The minimum absolute atomic E-state index is 0.802. The highest BCUT2D eigenvalue weighted by Crippen LogP contribution is 2.25. The maximum atomic E-state index is 5.55. The van der Waals surface area contributed by atoms with E-state index in [1.807, 2.05) is 23.8 Å². The van der Waals surface area contributed by atoms with Crippen LogP contribution in [0.25, 0.3) is 10.6 Å². The molecule has 13 heavy (non-hydrogen) atoms. The van der Waals surface area contributed by atoms with Crippen LogP contribution in [0, 0.1) is 0 Å². The maximum absolute atomic E-state index is 5.55. The Morgan fingerprint density at radius 2 is 2.54 bits per heavy atom. The highest BCUT2D eigenvalue weighted by atomic mass is 32.2. The molecule has 0 atom stereocenters. The number of thioether (sulfide) groups is 1. The van der Waals surface area contributed by atoms with E-state index in [0.717, 1.165) is 22.3 Å². The summed E-state index contributed by atoms with van der Waals surface area (Å²) in [6.07, 6.45) is 3.83. The van der Waals surface area contributed by atoms with E-state index in [0.29, 0.717) is 0 Å². The minimum atomic E-state index is 0.802. The second-order valence-corrected chi connectivity index (χ2v) is 4.34. The smallest absolute Gasteiger partial charge is 0.204 e. The summed E-state index contributed by atoms with van der Waals surface area (Å²) in [5.41, 5.74) is 0. The monoisotopic (exact) mass is 211 g/mol. The fourth-order valence-corrected chi connectivity index (χ4v) is 2.08. The van der Waals surface area contributed by atoms with Crippen LogP contribution < -0.4 is 0 Å². The van der Waals surface area contributed by atoms with Crippen molar-refractivity contribution in [3.63, 3.8) is 0 Å². The summed E-state index contributed by atoms with van der Waals surface area (Å²) in [6.45, 7) is 0. The Morgan fingerprint density at radius 1 is 1.62 bits per heavy atom. The van der Waals surface area contributed by atoms with Crippen LogP contribution in [0.1, 0.15) is 5.89 Å².